The van der Waals surface area contributed by atoms with Crippen molar-refractivity contribution in [1.82, 2.24) is 20.9 Å². The standard InChI is InChI=1S/C21H33N5O3/c1-4-23-21(26-11-9-16(10-12-26)13-19(27)22-2)25-15-20(28)24-14-17-5-7-18(29-3)8-6-17/h5-8,16H,4,9-15H2,1-3H3,(H,22,27)(H,23,25)(H,24,28). The van der Waals surface area contributed by atoms with E-state index in [0.717, 1.165) is 49.7 Å². The Balaban J connectivity index is 1.81. The van der Waals surface area contributed by atoms with Gasteiger partial charge in [-0.1, -0.05) is 12.1 Å². The van der Waals surface area contributed by atoms with Crippen molar-refractivity contribution in [2.45, 2.75) is 32.7 Å². The number of aliphatic imine (C=N–C) groups is 1. The lowest BCUT2D eigenvalue weighted by molar-refractivity contribution is -0.122. The molecule has 8 heteroatoms. The summed E-state index contributed by atoms with van der Waals surface area (Å²) >= 11 is 0. The highest BCUT2D eigenvalue weighted by Crippen LogP contribution is 2.20. The molecule has 0 saturated carbocycles. The van der Waals surface area contributed by atoms with E-state index in [1.165, 1.54) is 0 Å². The van der Waals surface area contributed by atoms with Gasteiger partial charge in [0.15, 0.2) is 5.96 Å². The van der Waals surface area contributed by atoms with Gasteiger partial charge in [-0.05, 0) is 43.4 Å². The summed E-state index contributed by atoms with van der Waals surface area (Å²) in [5.41, 5.74) is 1.01. The first-order valence-electron chi connectivity index (χ1n) is 10.2. The number of benzene rings is 1. The van der Waals surface area contributed by atoms with Gasteiger partial charge in [-0.25, -0.2) is 4.99 Å². The second-order valence-corrected chi connectivity index (χ2v) is 7.10. The van der Waals surface area contributed by atoms with E-state index in [9.17, 15) is 9.59 Å². The molecule has 1 fully saturated rings. The number of guanidine groups is 1. The number of hydrogen-bond acceptors (Lipinski definition) is 4. The first kappa shape index (κ1) is 22.5. The predicted octanol–water partition coefficient (Wildman–Crippen LogP) is 1.13. The van der Waals surface area contributed by atoms with E-state index in [1.807, 2.05) is 31.2 Å². The van der Waals surface area contributed by atoms with Crippen molar-refractivity contribution in [2.75, 3.05) is 40.3 Å². The quantitative estimate of drug-likeness (QED) is 0.447. The molecule has 0 aromatic heterocycles. The van der Waals surface area contributed by atoms with Gasteiger partial charge in [0.05, 0.1) is 7.11 Å². The zero-order valence-corrected chi connectivity index (χ0v) is 17.7. The number of hydrogen-bond donors (Lipinski definition) is 3. The number of methoxy groups -OCH3 is 1. The molecule has 29 heavy (non-hydrogen) atoms. The van der Waals surface area contributed by atoms with Crippen LogP contribution in [0.25, 0.3) is 0 Å². The molecule has 0 spiro atoms. The Kier molecular flexibility index (Phi) is 9.27. The molecule has 0 radical (unpaired) electrons. The van der Waals surface area contributed by atoms with Crippen molar-refractivity contribution >= 4 is 17.8 Å². The summed E-state index contributed by atoms with van der Waals surface area (Å²) in [5.74, 6) is 1.93. The predicted molar refractivity (Wildman–Crippen MR) is 114 cm³/mol. The summed E-state index contributed by atoms with van der Waals surface area (Å²) in [5, 5.41) is 8.85. The van der Waals surface area contributed by atoms with Crippen LogP contribution in [-0.2, 0) is 16.1 Å². The number of carbonyl (C=O) groups is 2. The zero-order valence-electron chi connectivity index (χ0n) is 17.7. The number of piperidine rings is 1. The van der Waals surface area contributed by atoms with Gasteiger partial charge in [0.25, 0.3) is 0 Å². The Morgan fingerprint density at radius 3 is 2.41 bits per heavy atom. The minimum atomic E-state index is -0.120. The summed E-state index contributed by atoms with van der Waals surface area (Å²) < 4.78 is 5.13. The average Bonchev–Trinajstić information content (AvgIpc) is 2.76. The lowest BCUT2D eigenvalue weighted by Crippen LogP contribution is -2.46. The first-order chi connectivity index (χ1) is 14.0. The molecule has 2 rings (SSSR count). The van der Waals surface area contributed by atoms with E-state index >= 15 is 0 Å². The normalized spacial score (nSPS) is 15.0. The number of carbonyl (C=O) groups excluding carboxylic acids is 2. The summed E-state index contributed by atoms with van der Waals surface area (Å²) in [6.45, 7) is 4.96. The maximum atomic E-state index is 12.2. The minimum Gasteiger partial charge on any atom is -0.497 e. The van der Waals surface area contributed by atoms with Crippen LogP contribution in [0, 0.1) is 5.92 Å². The number of rotatable bonds is 8. The van der Waals surface area contributed by atoms with E-state index in [1.54, 1.807) is 14.2 Å². The van der Waals surface area contributed by atoms with E-state index in [0.29, 0.717) is 18.9 Å². The molecule has 1 aromatic rings. The largest absolute Gasteiger partial charge is 0.497 e. The molecule has 2 amide bonds. The number of nitrogens with zero attached hydrogens (tertiary/aromatic N) is 2. The van der Waals surface area contributed by atoms with Crippen LogP contribution in [-0.4, -0.2) is 63.0 Å². The Morgan fingerprint density at radius 2 is 1.83 bits per heavy atom. The van der Waals surface area contributed by atoms with Gasteiger partial charge in [0, 0.05) is 39.6 Å². The van der Waals surface area contributed by atoms with Crippen LogP contribution in [0.3, 0.4) is 0 Å². The van der Waals surface area contributed by atoms with Gasteiger partial charge in [-0.3, -0.25) is 9.59 Å². The highest BCUT2D eigenvalue weighted by Gasteiger charge is 2.23. The molecular formula is C21H33N5O3. The molecule has 0 unspecified atom stereocenters. The molecular weight excluding hydrogens is 370 g/mol. The summed E-state index contributed by atoms with van der Waals surface area (Å²) in [6, 6.07) is 7.60. The minimum absolute atomic E-state index is 0.0800. The number of nitrogens with one attached hydrogen (secondary N) is 3. The number of likely N-dealkylation sites (tertiary alicyclic amines) is 1. The van der Waals surface area contributed by atoms with Gasteiger partial charge in [-0.2, -0.15) is 0 Å². The second-order valence-electron chi connectivity index (χ2n) is 7.10. The molecule has 1 aliphatic rings. The average molecular weight is 404 g/mol. The van der Waals surface area contributed by atoms with Crippen LogP contribution in [0.15, 0.2) is 29.3 Å². The van der Waals surface area contributed by atoms with Crippen LogP contribution < -0.4 is 20.7 Å². The third kappa shape index (κ3) is 7.63. The third-order valence-corrected chi connectivity index (χ3v) is 5.02. The van der Waals surface area contributed by atoms with Gasteiger partial charge in [0.1, 0.15) is 12.3 Å². The topological polar surface area (TPSA) is 95.1 Å². The fourth-order valence-electron chi connectivity index (χ4n) is 3.29. The van der Waals surface area contributed by atoms with Crippen LogP contribution in [0.2, 0.25) is 0 Å². The van der Waals surface area contributed by atoms with Crippen LogP contribution in [0.1, 0.15) is 31.7 Å². The van der Waals surface area contributed by atoms with Gasteiger partial charge < -0.3 is 25.6 Å². The summed E-state index contributed by atoms with van der Waals surface area (Å²) in [4.78, 5) is 30.4. The van der Waals surface area contributed by atoms with E-state index < -0.39 is 0 Å². The summed E-state index contributed by atoms with van der Waals surface area (Å²) in [6.07, 6.45) is 2.47. The molecule has 160 valence electrons. The smallest absolute Gasteiger partial charge is 0.242 e. The lowest BCUT2D eigenvalue weighted by Gasteiger charge is -2.34. The van der Waals surface area contributed by atoms with Crippen molar-refractivity contribution in [3.63, 3.8) is 0 Å². The zero-order chi connectivity index (χ0) is 21.1. The van der Waals surface area contributed by atoms with Crippen LogP contribution in [0.5, 0.6) is 5.75 Å². The van der Waals surface area contributed by atoms with E-state index in [4.69, 9.17) is 4.74 Å². The SMILES string of the molecule is CCNC(=NCC(=O)NCc1ccc(OC)cc1)N1CCC(CC(=O)NC)CC1. The molecule has 0 bridgehead atoms. The fraction of sp³-hybridized carbons (Fsp3) is 0.571. The Labute approximate surface area is 173 Å². The molecule has 1 aliphatic heterocycles. The van der Waals surface area contributed by atoms with Crippen LogP contribution in [0.4, 0.5) is 0 Å². The van der Waals surface area contributed by atoms with Crippen molar-refractivity contribution in [2.24, 2.45) is 10.9 Å². The maximum absolute atomic E-state index is 12.2. The molecule has 0 aliphatic carbocycles. The van der Waals surface area contributed by atoms with Gasteiger partial charge in [0.2, 0.25) is 11.8 Å². The number of amides is 2. The van der Waals surface area contributed by atoms with Crippen LogP contribution >= 0.6 is 0 Å². The van der Waals surface area contributed by atoms with E-state index in [2.05, 4.69) is 25.8 Å². The Morgan fingerprint density at radius 1 is 1.14 bits per heavy atom. The molecule has 1 aromatic carbocycles. The lowest BCUT2D eigenvalue weighted by atomic mass is 9.93. The Hall–Kier alpha value is -2.77. The van der Waals surface area contributed by atoms with Crippen molar-refractivity contribution in [3.8, 4) is 5.75 Å². The third-order valence-electron chi connectivity index (χ3n) is 5.02. The first-order valence-corrected chi connectivity index (χ1v) is 10.2. The number of ether oxygens (including phenoxy) is 1. The van der Waals surface area contributed by atoms with Crippen molar-refractivity contribution < 1.29 is 14.3 Å². The van der Waals surface area contributed by atoms with E-state index in [-0.39, 0.29) is 18.4 Å². The highest BCUT2D eigenvalue weighted by atomic mass is 16.5. The molecule has 1 saturated heterocycles. The Bertz CT molecular complexity index is 682. The van der Waals surface area contributed by atoms with Crippen molar-refractivity contribution in [1.29, 1.82) is 0 Å². The molecule has 1 heterocycles. The molecule has 3 N–H and O–H groups in total. The monoisotopic (exact) mass is 403 g/mol. The maximum Gasteiger partial charge on any atom is 0.242 e. The molecule has 8 nitrogen and oxygen atoms in total. The second kappa shape index (κ2) is 11.9. The van der Waals surface area contributed by atoms with Crippen molar-refractivity contribution in [3.05, 3.63) is 29.8 Å². The van der Waals surface area contributed by atoms with Gasteiger partial charge >= 0.3 is 0 Å². The molecule has 0 atom stereocenters. The highest BCUT2D eigenvalue weighted by molar-refractivity contribution is 5.85. The fourth-order valence-corrected chi connectivity index (χ4v) is 3.29. The van der Waals surface area contributed by atoms with Gasteiger partial charge in [-0.15, -0.1) is 0 Å². The summed E-state index contributed by atoms with van der Waals surface area (Å²) in [7, 11) is 3.30.